The van der Waals surface area contributed by atoms with Crippen LogP contribution in [0.2, 0.25) is 0 Å². The number of phenols is 1. The highest BCUT2D eigenvalue weighted by molar-refractivity contribution is 5.83. The second-order valence-corrected chi connectivity index (χ2v) is 5.34. The third-order valence-electron chi connectivity index (χ3n) is 4.06. The van der Waals surface area contributed by atoms with Gasteiger partial charge in [-0.05, 0) is 16.3 Å². The van der Waals surface area contributed by atoms with Gasteiger partial charge < -0.3 is 10.2 Å². The number of para-hydroxylation sites is 1. The second-order valence-electron chi connectivity index (χ2n) is 5.34. The van der Waals surface area contributed by atoms with E-state index in [-0.39, 0.29) is 18.3 Å². The van der Waals surface area contributed by atoms with Gasteiger partial charge in [-0.2, -0.15) is 0 Å². The van der Waals surface area contributed by atoms with Gasteiger partial charge in [0.05, 0.1) is 6.61 Å². The number of benzene rings is 3. The SMILES string of the molecule is CC(c1ccc2ccccc2c1)c1cccc(CO)c1O. The number of hydrogen-bond donors (Lipinski definition) is 2. The van der Waals surface area contributed by atoms with Crippen molar-refractivity contribution >= 4 is 10.8 Å². The van der Waals surface area contributed by atoms with Gasteiger partial charge in [0.2, 0.25) is 0 Å². The van der Waals surface area contributed by atoms with E-state index in [1.807, 2.05) is 24.3 Å². The molecule has 106 valence electrons. The van der Waals surface area contributed by atoms with Gasteiger partial charge in [-0.3, -0.25) is 0 Å². The molecule has 0 aliphatic heterocycles. The van der Waals surface area contributed by atoms with E-state index in [1.165, 1.54) is 10.8 Å². The molecule has 0 aliphatic carbocycles. The van der Waals surface area contributed by atoms with Crippen molar-refractivity contribution in [3.8, 4) is 5.75 Å². The second kappa shape index (κ2) is 5.58. The van der Waals surface area contributed by atoms with Crippen molar-refractivity contribution < 1.29 is 10.2 Å². The van der Waals surface area contributed by atoms with Crippen LogP contribution in [0, 0.1) is 0 Å². The van der Waals surface area contributed by atoms with Crippen LogP contribution >= 0.6 is 0 Å². The normalized spacial score (nSPS) is 12.5. The molecule has 3 rings (SSSR count). The summed E-state index contributed by atoms with van der Waals surface area (Å²) in [5.41, 5.74) is 2.57. The summed E-state index contributed by atoms with van der Waals surface area (Å²) in [5.74, 6) is 0.266. The summed E-state index contributed by atoms with van der Waals surface area (Å²) in [6.07, 6.45) is 0. The molecule has 0 aromatic heterocycles. The summed E-state index contributed by atoms with van der Waals surface area (Å²) in [6.45, 7) is 1.92. The van der Waals surface area contributed by atoms with E-state index in [1.54, 1.807) is 6.07 Å². The number of aromatic hydroxyl groups is 1. The number of fused-ring (bicyclic) bond motifs is 1. The lowest BCUT2D eigenvalue weighted by molar-refractivity contribution is 0.275. The number of aliphatic hydroxyl groups is 1. The van der Waals surface area contributed by atoms with E-state index >= 15 is 0 Å². The van der Waals surface area contributed by atoms with Crippen LogP contribution in [0.4, 0.5) is 0 Å². The Labute approximate surface area is 124 Å². The smallest absolute Gasteiger partial charge is 0.124 e. The van der Waals surface area contributed by atoms with Crippen LogP contribution < -0.4 is 0 Å². The van der Waals surface area contributed by atoms with Gasteiger partial charge in [0.1, 0.15) is 5.75 Å². The molecule has 0 radical (unpaired) electrons. The van der Waals surface area contributed by atoms with Crippen molar-refractivity contribution in [3.05, 3.63) is 77.4 Å². The molecule has 2 N–H and O–H groups in total. The van der Waals surface area contributed by atoms with Crippen LogP contribution in [-0.4, -0.2) is 10.2 Å². The molecule has 0 bridgehead atoms. The molecule has 0 amide bonds. The monoisotopic (exact) mass is 278 g/mol. The summed E-state index contributed by atoms with van der Waals surface area (Å²) >= 11 is 0. The Balaban J connectivity index is 2.06. The molecule has 0 fully saturated rings. The Hall–Kier alpha value is -2.32. The minimum atomic E-state index is -0.149. The highest BCUT2D eigenvalue weighted by Crippen LogP contribution is 2.34. The van der Waals surface area contributed by atoms with E-state index < -0.39 is 0 Å². The zero-order valence-corrected chi connectivity index (χ0v) is 12.0. The first kappa shape index (κ1) is 13.7. The zero-order valence-electron chi connectivity index (χ0n) is 12.0. The zero-order chi connectivity index (χ0) is 14.8. The summed E-state index contributed by atoms with van der Waals surface area (Å²) in [6, 6.07) is 20.1. The van der Waals surface area contributed by atoms with Gasteiger partial charge in [0.15, 0.2) is 0 Å². The van der Waals surface area contributed by atoms with Crippen molar-refractivity contribution in [1.82, 2.24) is 0 Å². The van der Waals surface area contributed by atoms with E-state index in [9.17, 15) is 10.2 Å². The molecule has 3 aromatic rings. The Kier molecular flexibility index (Phi) is 3.63. The highest BCUT2D eigenvalue weighted by atomic mass is 16.3. The Morgan fingerprint density at radius 2 is 1.67 bits per heavy atom. The Morgan fingerprint density at radius 1 is 0.905 bits per heavy atom. The predicted octanol–water partition coefficient (Wildman–Crippen LogP) is 4.19. The highest BCUT2D eigenvalue weighted by Gasteiger charge is 2.15. The van der Waals surface area contributed by atoms with Crippen LogP contribution in [0.1, 0.15) is 29.5 Å². The Bertz CT molecular complexity index is 777. The van der Waals surface area contributed by atoms with Gasteiger partial charge in [-0.15, -0.1) is 0 Å². The summed E-state index contributed by atoms with van der Waals surface area (Å²) in [7, 11) is 0. The lowest BCUT2D eigenvalue weighted by atomic mass is 9.90. The topological polar surface area (TPSA) is 40.5 Å². The van der Waals surface area contributed by atoms with Gasteiger partial charge in [0, 0.05) is 17.0 Å². The fourth-order valence-electron chi connectivity index (χ4n) is 2.74. The molecule has 2 heteroatoms. The fourth-order valence-corrected chi connectivity index (χ4v) is 2.74. The molecule has 0 spiro atoms. The van der Waals surface area contributed by atoms with Crippen LogP contribution in [0.5, 0.6) is 5.75 Å². The molecule has 3 aromatic carbocycles. The van der Waals surface area contributed by atoms with Crippen LogP contribution in [-0.2, 0) is 6.61 Å². The van der Waals surface area contributed by atoms with Gasteiger partial charge >= 0.3 is 0 Å². The van der Waals surface area contributed by atoms with Gasteiger partial charge in [-0.1, -0.05) is 67.6 Å². The number of rotatable bonds is 3. The molecule has 1 unspecified atom stereocenters. The third kappa shape index (κ3) is 2.50. The molecule has 0 saturated carbocycles. The van der Waals surface area contributed by atoms with Crippen LogP contribution in [0.3, 0.4) is 0 Å². The average Bonchev–Trinajstić information content (AvgIpc) is 2.54. The van der Waals surface area contributed by atoms with Crippen molar-refractivity contribution in [3.63, 3.8) is 0 Å². The standard InChI is InChI=1S/C19H18O2/c1-13(18-8-4-7-17(12-20)19(18)21)15-10-9-14-5-2-3-6-16(14)11-15/h2-11,13,20-21H,12H2,1H3. The van der Waals surface area contributed by atoms with E-state index in [2.05, 4.69) is 37.3 Å². The predicted molar refractivity (Wildman–Crippen MR) is 85.5 cm³/mol. The summed E-state index contributed by atoms with van der Waals surface area (Å²) < 4.78 is 0. The minimum Gasteiger partial charge on any atom is -0.507 e. The van der Waals surface area contributed by atoms with Crippen LogP contribution in [0.15, 0.2) is 60.7 Å². The first-order valence-corrected chi connectivity index (χ1v) is 7.11. The van der Waals surface area contributed by atoms with Crippen molar-refractivity contribution in [2.24, 2.45) is 0 Å². The van der Waals surface area contributed by atoms with Gasteiger partial charge in [-0.25, -0.2) is 0 Å². The molecule has 0 saturated heterocycles. The van der Waals surface area contributed by atoms with Crippen LogP contribution in [0.25, 0.3) is 10.8 Å². The first-order chi connectivity index (χ1) is 10.2. The molecular weight excluding hydrogens is 260 g/mol. The molecule has 2 nitrogen and oxygen atoms in total. The lowest BCUT2D eigenvalue weighted by Gasteiger charge is -2.16. The number of aliphatic hydroxyl groups excluding tert-OH is 1. The first-order valence-electron chi connectivity index (χ1n) is 7.11. The fraction of sp³-hybridized carbons (Fsp3) is 0.158. The molecule has 21 heavy (non-hydrogen) atoms. The summed E-state index contributed by atoms with van der Waals surface area (Å²) in [4.78, 5) is 0. The number of hydrogen-bond acceptors (Lipinski definition) is 2. The van der Waals surface area contributed by atoms with E-state index in [0.717, 1.165) is 11.1 Å². The van der Waals surface area contributed by atoms with Crippen molar-refractivity contribution in [2.45, 2.75) is 19.4 Å². The molecule has 0 heterocycles. The molecular formula is C19H18O2. The summed E-state index contributed by atoms with van der Waals surface area (Å²) in [5, 5.41) is 22.0. The average molecular weight is 278 g/mol. The maximum atomic E-state index is 10.3. The largest absolute Gasteiger partial charge is 0.507 e. The maximum absolute atomic E-state index is 10.3. The van der Waals surface area contributed by atoms with Crippen molar-refractivity contribution in [1.29, 1.82) is 0 Å². The minimum absolute atomic E-state index is 0.0705. The van der Waals surface area contributed by atoms with E-state index in [4.69, 9.17) is 0 Å². The van der Waals surface area contributed by atoms with Crippen molar-refractivity contribution in [2.75, 3.05) is 0 Å². The molecule has 0 aliphatic rings. The third-order valence-corrected chi connectivity index (χ3v) is 4.06. The molecule has 1 atom stereocenters. The maximum Gasteiger partial charge on any atom is 0.124 e. The Morgan fingerprint density at radius 3 is 2.43 bits per heavy atom. The van der Waals surface area contributed by atoms with E-state index in [0.29, 0.717) is 5.56 Å². The quantitative estimate of drug-likeness (QED) is 0.754. The van der Waals surface area contributed by atoms with Gasteiger partial charge in [0.25, 0.3) is 0 Å². The lowest BCUT2D eigenvalue weighted by Crippen LogP contribution is -1.98.